The Morgan fingerprint density at radius 2 is 2.10 bits per heavy atom. The summed E-state index contributed by atoms with van der Waals surface area (Å²) in [5, 5.41) is 12.9. The van der Waals surface area contributed by atoms with Crippen molar-refractivity contribution in [3.63, 3.8) is 0 Å². The molecule has 4 nitrogen and oxygen atoms in total. The molecule has 0 radical (unpaired) electrons. The van der Waals surface area contributed by atoms with E-state index in [1.54, 1.807) is 6.07 Å². The Hall–Kier alpha value is -0.810. The van der Waals surface area contributed by atoms with Gasteiger partial charge in [-0.25, -0.2) is 0 Å². The Kier molecular flexibility index (Phi) is 5.49. The van der Waals surface area contributed by atoms with Gasteiger partial charge in [0.15, 0.2) is 0 Å². The third-order valence-corrected chi connectivity index (χ3v) is 4.54. The van der Waals surface area contributed by atoms with Gasteiger partial charge in [0.1, 0.15) is 0 Å². The summed E-state index contributed by atoms with van der Waals surface area (Å²) in [4.78, 5) is 14.0. The Labute approximate surface area is 135 Å². The summed E-state index contributed by atoms with van der Waals surface area (Å²) in [6.07, 6.45) is 1.48. The average Bonchev–Trinajstić information content (AvgIpc) is 2.37. The summed E-state index contributed by atoms with van der Waals surface area (Å²) in [5.74, 6) is 0.329. The molecule has 1 aromatic carbocycles. The number of amides is 1. The third-order valence-electron chi connectivity index (χ3n) is 3.74. The van der Waals surface area contributed by atoms with Gasteiger partial charge in [0, 0.05) is 6.54 Å². The normalized spacial score (nSPS) is 21.2. The second-order valence-electron chi connectivity index (χ2n) is 5.79. The van der Waals surface area contributed by atoms with Gasteiger partial charge in [0.2, 0.25) is 5.91 Å². The van der Waals surface area contributed by atoms with Crippen LogP contribution in [0.2, 0.25) is 10.0 Å². The minimum Gasteiger partial charge on any atom is -0.393 e. The Morgan fingerprint density at radius 1 is 1.43 bits per heavy atom. The number of rotatable bonds is 5. The highest BCUT2D eigenvalue weighted by atomic mass is 35.5. The Bertz CT molecular complexity index is 531. The lowest BCUT2D eigenvalue weighted by atomic mass is 9.82. The van der Waals surface area contributed by atoms with Gasteiger partial charge in [-0.15, -0.1) is 0 Å². The topological polar surface area (TPSA) is 52.6 Å². The SMILES string of the molecule is Cc1ccc(Cl)c(NC(=O)CN(C)CC2CC(O)C2)c1Cl. The monoisotopic (exact) mass is 330 g/mol. The summed E-state index contributed by atoms with van der Waals surface area (Å²) >= 11 is 12.2. The van der Waals surface area contributed by atoms with E-state index in [9.17, 15) is 9.90 Å². The number of carbonyl (C=O) groups is 1. The molecule has 0 spiro atoms. The second kappa shape index (κ2) is 6.97. The van der Waals surface area contributed by atoms with Crippen LogP contribution in [0.15, 0.2) is 12.1 Å². The van der Waals surface area contributed by atoms with E-state index in [0.29, 0.717) is 21.7 Å². The van der Waals surface area contributed by atoms with E-state index in [0.717, 1.165) is 24.9 Å². The molecular weight excluding hydrogens is 311 g/mol. The molecule has 1 saturated carbocycles. The zero-order valence-corrected chi connectivity index (χ0v) is 13.7. The van der Waals surface area contributed by atoms with E-state index < -0.39 is 0 Å². The molecule has 0 atom stereocenters. The number of nitrogens with one attached hydrogen (secondary N) is 1. The van der Waals surface area contributed by atoms with Crippen LogP contribution >= 0.6 is 23.2 Å². The van der Waals surface area contributed by atoms with Crippen LogP contribution in [0.4, 0.5) is 5.69 Å². The Morgan fingerprint density at radius 3 is 2.71 bits per heavy atom. The highest BCUT2D eigenvalue weighted by Gasteiger charge is 2.28. The van der Waals surface area contributed by atoms with E-state index in [-0.39, 0.29) is 18.6 Å². The van der Waals surface area contributed by atoms with Crippen molar-refractivity contribution in [3.8, 4) is 0 Å². The minimum atomic E-state index is -0.165. The predicted octanol–water partition coefficient (Wildman–Crippen LogP) is 2.94. The molecule has 21 heavy (non-hydrogen) atoms. The van der Waals surface area contributed by atoms with Crippen molar-refractivity contribution in [2.24, 2.45) is 5.92 Å². The van der Waals surface area contributed by atoms with E-state index in [2.05, 4.69) is 5.32 Å². The van der Waals surface area contributed by atoms with E-state index in [1.165, 1.54) is 0 Å². The van der Waals surface area contributed by atoms with E-state index in [4.69, 9.17) is 23.2 Å². The van der Waals surface area contributed by atoms with Crippen LogP contribution in [0.25, 0.3) is 0 Å². The summed E-state index contributed by atoms with van der Waals surface area (Å²) in [5.41, 5.74) is 1.34. The highest BCUT2D eigenvalue weighted by molar-refractivity contribution is 6.40. The molecule has 6 heteroatoms. The van der Waals surface area contributed by atoms with Gasteiger partial charge in [-0.2, -0.15) is 0 Å². The zero-order chi connectivity index (χ0) is 15.6. The van der Waals surface area contributed by atoms with Gasteiger partial charge in [-0.05, 0) is 44.4 Å². The molecule has 0 aliphatic heterocycles. The quantitative estimate of drug-likeness (QED) is 0.872. The molecule has 0 aromatic heterocycles. The van der Waals surface area contributed by atoms with Gasteiger partial charge in [-0.3, -0.25) is 9.69 Å². The van der Waals surface area contributed by atoms with Crippen LogP contribution in [0.3, 0.4) is 0 Å². The fraction of sp³-hybridized carbons (Fsp3) is 0.533. The molecule has 0 saturated heterocycles. The van der Waals surface area contributed by atoms with Gasteiger partial charge in [-0.1, -0.05) is 29.3 Å². The van der Waals surface area contributed by atoms with Crippen molar-refractivity contribution in [2.75, 3.05) is 25.5 Å². The van der Waals surface area contributed by atoms with Crippen LogP contribution < -0.4 is 5.32 Å². The second-order valence-corrected chi connectivity index (χ2v) is 6.57. The number of likely N-dealkylation sites (N-methyl/N-ethyl adjacent to an activating group) is 1. The molecule has 0 bridgehead atoms. The number of aliphatic hydroxyl groups excluding tert-OH is 1. The third kappa shape index (κ3) is 4.33. The van der Waals surface area contributed by atoms with E-state index >= 15 is 0 Å². The summed E-state index contributed by atoms with van der Waals surface area (Å²) in [7, 11) is 1.89. The Balaban J connectivity index is 1.88. The van der Waals surface area contributed by atoms with Gasteiger partial charge in [0.25, 0.3) is 0 Å². The molecule has 0 unspecified atom stereocenters. The van der Waals surface area contributed by atoms with Crippen molar-refractivity contribution in [3.05, 3.63) is 27.7 Å². The minimum absolute atomic E-state index is 0.147. The molecule has 1 aliphatic rings. The van der Waals surface area contributed by atoms with E-state index in [1.807, 2.05) is 24.9 Å². The standard InChI is InChI=1S/C15H20Cl2N2O2/c1-9-3-4-12(16)15(14(9)17)18-13(21)8-19(2)7-10-5-11(20)6-10/h3-4,10-11,20H,5-8H2,1-2H3,(H,18,21). The molecule has 1 fully saturated rings. The van der Waals surface area contributed by atoms with Crippen LogP contribution in [-0.2, 0) is 4.79 Å². The molecule has 1 aromatic rings. The van der Waals surface area contributed by atoms with Crippen LogP contribution in [0.5, 0.6) is 0 Å². The fourth-order valence-corrected chi connectivity index (χ4v) is 3.02. The lowest BCUT2D eigenvalue weighted by Gasteiger charge is -2.34. The van der Waals surface area contributed by atoms with Crippen LogP contribution in [-0.4, -0.2) is 42.2 Å². The first-order valence-corrected chi connectivity index (χ1v) is 7.73. The first-order valence-electron chi connectivity index (χ1n) is 6.98. The smallest absolute Gasteiger partial charge is 0.238 e. The van der Waals surface area contributed by atoms with Crippen molar-refractivity contribution >= 4 is 34.8 Å². The van der Waals surface area contributed by atoms with Gasteiger partial charge < -0.3 is 10.4 Å². The number of aryl methyl sites for hydroxylation is 1. The summed E-state index contributed by atoms with van der Waals surface area (Å²) < 4.78 is 0. The number of carbonyl (C=O) groups excluding carboxylic acids is 1. The van der Waals surface area contributed by atoms with Crippen LogP contribution in [0.1, 0.15) is 18.4 Å². The summed E-state index contributed by atoms with van der Waals surface area (Å²) in [6.45, 7) is 2.94. The van der Waals surface area contributed by atoms with Crippen molar-refractivity contribution in [2.45, 2.75) is 25.9 Å². The highest BCUT2D eigenvalue weighted by Crippen LogP contribution is 2.33. The number of halogens is 2. The molecular formula is C15H20Cl2N2O2. The molecule has 2 N–H and O–H groups in total. The molecule has 1 aliphatic carbocycles. The number of nitrogens with zero attached hydrogens (tertiary/aromatic N) is 1. The van der Waals surface area contributed by atoms with Crippen LogP contribution in [0, 0.1) is 12.8 Å². The van der Waals surface area contributed by atoms with Gasteiger partial charge >= 0.3 is 0 Å². The number of benzene rings is 1. The number of anilines is 1. The van der Waals surface area contributed by atoms with Gasteiger partial charge in [0.05, 0.1) is 28.4 Å². The number of hydrogen-bond acceptors (Lipinski definition) is 3. The maximum atomic E-state index is 12.1. The molecule has 116 valence electrons. The number of aliphatic hydroxyl groups is 1. The van der Waals surface area contributed by atoms with Crippen molar-refractivity contribution in [1.29, 1.82) is 0 Å². The largest absolute Gasteiger partial charge is 0.393 e. The predicted molar refractivity (Wildman–Crippen MR) is 86.1 cm³/mol. The zero-order valence-electron chi connectivity index (χ0n) is 12.2. The lowest BCUT2D eigenvalue weighted by molar-refractivity contribution is -0.117. The first kappa shape index (κ1) is 16.6. The fourth-order valence-electron chi connectivity index (χ4n) is 2.55. The molecule has 0 heterocycles. The average molecular weight is 331 g/mol. The lowest BCUT2D eigenvalue weighted by Crippen LogP contribution is -2.40. The first-order chi connectivity index (χ1) is 9.86. The molecule has 1 amide bonds. The number of hydrogen-bond donors (Lipinski definition) is 2. The van der Waals surface area contributed by atoms with Crippen molar-refractivity contribution < 1.29 is 9.90 Å². The molecule has 2 rings (SSSR count). The maximum Gasteiger partial charge on any atom is 0.238 e. The maximum absolute atomic E-state index is 12.1. The summed E-state index contributed by atoms with van der Waals surface area (Å²) in [6, 6.07) is 3.53. The van der Waals surface area contributed by atoms with Crippen molar-refractivity contribution in [1.82, 2.24) is 4.90 Å².